The average molecular weight is 377 g/mol. The first-order valence-corrected chi connectivity index (χ1v) is 10.3. The number of hydrogen-bond donors (Lipinski definition) is 0. The van der Waals surface area contributed by atoms with Crippen molar-refractivity contribution >= 4 is 11.6 Å². The second kappa shape index (κ2) is 17.2. The standard InChI is InChI=1S/C13H11Cl.3C4H10/c1-10-2-4-11(5-3-10)12-6-8-13(14)9-7-12;2*1-4(2)3;1-3-4-2/h2-9H,1H3;2*4H,1-3H3;3-4H2,1-2H3. The maximum absolute atomic E-state index is 5.82. The van der Waals surface area contributed by atoms with Crippen LogP contribution in [0.4, 0.5) is 0 Å². The van der Waals surface area contributed by atoms with Gasteiger partial charge in [0.25, 0.3) is 0 Å². The van der Waals surface area contributed by atoms with E-state index < -0.39 is 0 Å². The Balaban J connectivity index is 0. The lowest BCUT2D eigenvalue weighted by atomic mass is 10.0. The monoisotopic (exact) mass is 376 g/mol. The van der Waals surface area contributed by atoms with Crippen LogP contribution in [0.2, 0.25) is 5.02 Å². The third-order valence-corrected chi connectivity index (χ3v) is 2.98. The SMILES string of the molecule is CC(C)C.CC(C)C.CCCC.Cc1ccc(-c2ccc(Cl)cc2)cc1. The number of halogens is 1. The largest absolute Gasteiger partial charge is 0.0843 e. The molecule has 0 spiro atoms. The van der Waals surface area contributed by atoms with Crippen LogP contribution in [-0.4, -0.2) is 0 Å². The molecule has 2 rings (SSSR count). The highest BCUT2D eigenvalue weighted by Crippen LogP contribution is 2.21. The molecule has 2 aromatic carbocycles. The first kappa shape index (κ1) is 27.0. The molecule has 0 fully saturated rings. The predicted octanol–water partition coefficient (Wildman–Crippen LogP) is 9.45. The van der Waals surface area contributed by atoms with Crippen molar-refractivity contribution in [2.24, 2.45) is 11.8 Å². The Kier molecular flexibility index (Phi) is 17.8. The summed E-state index contributed by atoms with van der Waals surface area (Å²) in [5.41, 5.74) is 3.71. The van der Waals surface area contributed by atoms with E-state index in [1.807, 2.05) is 24.3 Å². The fourth-order valence-electron chi connectivity index (χ4n) is 1.39. The lowest BCUT2D eigenvalue weighted by molar-refractivity contribution is 0.736. The summed E-state index contributed by atoms with van der Waals surface area (Å²) in [5.74, 6) is 1.67. The van der Waals surface area contributed by atoms with E-state index in [4.69, 9.17) is 11.6 Å². The van der Waals surface area contributed by atoms with Crippen LogP contribution in [-0.2, 0) is 0 Å². The molecular weight excluding hydrogens is 336 g/mol. The van der Waals surface area contributed by atoms with Crippen molar-refractivity contribution in [2.45, 2.75) is 75.2 Å². The summed E-state index contributed by atoms with van der Waals surface area (Å²) in [6.45, 7) is 19.5. The molecule has 0 atom stereocenters. The van der Waals surface area contributed by atoms with Crippen molar-refractivity contribution in [1.29, 1.82) is 0 Å². The molecule has 0 aliphatic carbocycles. The molecule has 0 aliphatic heterocycles. The quantitative estimate of drug-likeness (QED) is 0.489. The van der Waals surface area contributed by atoms with E-state index in [2.05, 4.69) is 86.6 Å². The Morgan fingerprint density at radius 3 is 1.15 bits per heavy atom. The molecule has 0 bridgehead atoms. The van der Waals surface area contributed by atoms with Gasteiger partial charge in [-0.1, -0.05) is 122 Å². The molecule has 0 saturated carbocycles. The third kappa shape index (κ3) is 19.1. The minimum absolute atomic E-state index is 0.779. The summed E-state index contributed by atoms with van der Waals surface area (Å²) in [6.07, 6.45) is 2.64. The summed E-state index contributed by atoms with van der Waals surface area (Å²) in [5, 5.41) is 0.779. The first-order valence-electron chi connectivity index (χ1n) is 9.96. The number of aryl methyl sites for hydroxylation is 1. The van der Waals surface area contributed by atoms with Crippen molar-refractivity contribution in [3.05, 3.63) is 59.1 Å². The van der Waals surface area contributed by atoms with Crippen molar-refractivity contribution in [2.75, 3.05) is 0 Å². The van der Waals surface area contributed by atoms with E-state index in [-0.39, 0.29) is 0 Å². The average Bonchev–Trinajstić information content (AvgIpc) is 2.56. The predicted molar refractivity (Wildman–Crippen MR) is 123 cm³/mol. The molecule has 0 aliphatic rings. The van der Waals surface area contributed by atoms with Gasteiger partial charge in [-0.2, -0.15) is 0 Å². The summed E-state index contributed by atoms with van der Waals surface area (Å²) >= 11 is 5.82. The fourth-order valence-corrected chi connectivity index (χ4v) is 1.51. The highest BCUT2D eigenvalue weighted by atomic mass is 35.5. The van der Waals surface area contributed by atoms with Gasteiger partial charge in [-0.3, -0.25) is 0 Å². The molecule has 0 nitrogen and oxygen atoms in total. The summed E-state index contributed by atoms with van der Waals surface area (Å²) in [6, 6.07) is 16.4. The highest BCUT2D eigenvalue weighted by Gasteiger charge is 1.96. The Morgan fingerprint density at radius 1 is 0.615 bits per heavy atom. The van der Waals surface area contributed by atoms with E-state index in [0.29, 0.717) is 0 Å². The highest BCUT2D eigenvalue weighted by molar-refractivity contribution is 6.30. The molecule has 0 radical (unpaired) electrons. The smallest absolute Gasteiger partial charge is 0.0406 e. The number of benzene rings is 2. The van der Waals surface area contributed by atoms with Gasteiger partial charge < -0.3 is 0 Å². The maximum atomic E-state index is 5.82. The summed E-state index contributed by atoms with van der Waals surface area (Å²) < 4.78 is 0. The molecule has 0 heterocycles. The summed E-state index contributed by atoms with van der Waals surface area (Å²) in [4.78, 5) is 0. The maximum Gasteiger partial charge on any atom is 0.0406 e. The Hall–Kier alpha value is -1.27. The van der Waals surface area contributed by atoms with E-state index in [1.54, 1.807) is 0 Å². The Morgan fingerprint density at radius 2 is 0.885 bits per heavy atom. The van der Waals surface area contributed by atoms with Gasteiger partial charge in [0.1, 0.15) is 0 Å². The second-order valence-corrected chi connectivity index (χ2v) is 8.27. The number of hydrogen-bond acceptors (Lipinski definition) is 0. The number of rotatable bonds is 2. The van der Waals surface area contributed by atoms with Crippen LogP contribution >= 0.6 is 11.6 Å². The fraction of sp³-hybridized carbons (Fsp3) is 0.520. The first-order chi connectivity index (χ1) is 12.1. The van der Waals surface area contributed by atoms with Crippen LogP contribution in [0.25, 0.3) is 11.1 Å². The van der Waals surface area contributed by atoms with Crippen molar-refractivity contribution in [3.63, 3.8) is 0 Å². The number of unbranched alkanes of at least 4 members (excludes halogenated alkanes) is 1. The molecule has 2 aromatic rings. The van der Waals surface area contributed by atoms with Crippen LogP contribution in [0.3, 0.4) is 0 Å². The van der Waals surface area contributed by atoms with Gasteiger partial charge in [0, 0.05) is 5.02 Å². The van der Waals surface area contributed by atoms with E-state index in [1.165, 1.54) is 29.5 Å². The van der Waals surface area contributed by atoms with Crippen molar-refractivity contribution in [3.8, 4) is 11.1 Å². The van der Waals surface area contributed by atoms with E-state index in [0.717, 1.165) is 16.9 Å². The molecule has 1 heteroatoms. The minimum atomic E-state index is 0.779. The lowest BCUT2D eigenvalue weighted by Crippen LogP contribution is -1.77. The van der Waals surface area contributed by atoms with Crippen molar-refractivity contribution in [1.82, 2.24) is 0 Å². The van der Waals surface area contributed by atoms with Gasteiger partial charge >= 0.3 is 0 Å². The molecule has 148 valence electrons. The zero-order valence-electron chi connectivity index (χ0n) is 18.6. The molecule has 0 saturated heterocycles. The minimum Gasteiger partial charge on any atom is -0.0843 e. The van der Waals surface area contributed by atoms with Crippen LogP contribution in [0, 0.1) is 18.8 Å². The van der Waals surface area contributed by atoms with Gasteiger partial charge in [-0.15, -0.1) is 0 Å². The van der Waals surface area contributed by atoms with Gasteiger partial charge in [0.05, 0.1) is 0 Å². The van der Waals surface area contributed by atoms with Gasteiger partial charge in [0.2, 0.25) is 0 Å². The van der Waals surface area contributed by atoms with Crippen LogP contribution in [0.15, 0.2) is 48.5 Å². The molecule has 26 heavy (non-hydrogen) atoms. The van der Waals surface area contributed by atoms with Crippen LogP contribution < -0.4 is 0 Å². The second-order valence-electron chi connectivity index (χ2n) is 7.84. The van der Waals surface area contributed by atoms with E-state index >= 15 is 0 Å². The van der Waals surface area contributed by atoms with Crippen LogP contribution in [0.1, 0.15) is 73.8 Å². The molecule has 0 N–H and O–H groups in total. The van der Waals surface area contributed by atoms with Crippen molar-refractivity contribution < 1.29 is 0 Å². The Labute approximate surface area is 169 Å². The van der Waals surface area contributed by atoms with Crippen LogP contribution in [0.5, 0.6) is 0 Å². The normalized spacial score (nSPS) is 9.38. The topological polar surface area (TPSA) is 0 Å². The van der Waals surface area contributed by atoms with Gasteiger partial charge in [-0.25, -0.2) is 0 Å². The molecular formula is C25H41Cl. The summed E-state index contributed by atoms with van der Waals surface area (Å²) in [7, 11) is 0. The zero-order valence-corrected chi connectivity index (χ0v) is 19.3. The van der Waals surface area contributed by atoms with Gasteiger partial charge in [0.15, 0.2) is 0 Å². The van der Waals surface area contributed by atoms with E-state index in [9.17, 15) is 0 Å². The Bertz CT molecular complexity index is 464. The zero-order chi connectivity index (χ0) is 20.5. The lowest BCUT2D eigenvalue weighted by Gasteiger charge is -2.01. The molecule has 0 amide bonds. The molecule has 0 aromatic heterocycles. The third-order valence-electron chi connectivity index (χ3n) is 2.73. The van der Waals surface area contributed by atoms with Gasteiger partial charge in [-0.05, 0) is 42.0 Å². The molecule has 0 unspecified atom stereocenters.